The molecule has 1 aliphatic rings. The number of fused-ring (bicyclic) bond motifs is 1. The fourth-order valence-electron chi connectivity index (χ4n) is 2.79. The van der Waals surface area contributed by atoms with Gasteiger partial charge in [0.15, 0.2) is 0 Å². The molecule has 0 amide bonds. The van der Waals surface area contributed by atoms with Gasteiger partial charge in [0.25, 0.3) is 0 Å². The van der Waals surface area contributed by atoms with E-state index >= 15 is 0 Å². The molecule has 1 atom stereocenters. The molecular weight excluding hydrogens is 304 g/mol. The van der Waals surface area contributed by atoms with Crippen molar-refractivity contribution in [2.45, 2.75) is 19.3 Å². The van der Waals surface area contributed by atoms with Crippen LogP contribution in [-0.4, -0.2) is 11.7 Å². The van der Waals surface area contributed by atoms with E-state index in [-0.39, 0.29) is 17.6 Å². The number of phenolic OH excluding ortho intramolecular Hbond substituents is 1. The normalized spacial score (nSPS) is 16.1. The lowest BCUT2D eigenvalue weighted by Gasteiger charge is -2.26. The highest BCUT2D eigenvalue weighted by Gasteiger charge is 2.30. The molecule has 0 unspecified atom stereocenters. The second-order valence-corrected chi connectivity index (χ2v) is 5.57. The maximum atomic E-state index is 9.67. The number of rotatable bonds is 4. The summed E-state index contributed by atoms with van der Waals surface area (Å²) in [7, 11) is 0. The van der Waals surface area contributed by atoms with Crippen molar-refractivity contribution in [1.82, 2.24) is 0 Å². The average Bonchev–Trinajstić information content (AvgIpc) is 2.58. The Bertz CT molecular complexity index is 837. The third-order valence-corrected chi connectivity index (χ3v) is 3.87. The second-order valence-electron chi connectivity index (χ2n) is 5.57. The van der Waals surface area contributed by atoms with Crippen LogP contribution < -0.4 is 15.2 Å². The average molecular weight is 322 g/mol. The Labute approximate surface area is 140 Å². The van der Waals surface area contributed by atoms with Crippen molar-refractivity contribution < 1.29 is 14.6 Å². The molecular formula is C19H18N2O3. The van der Waals surface area contributed by atoms with Crippen LogP contribution in [0.15, 0.2) is 53.9 Å². The first-order valence-electron chi connectivity index (χ1n) is 7.77. The number of nitrogens with zero attached hydrogens (tertiary/aromatic N) is 1. The molecule has 0 bridgehead atoms. The zero-order chi connectivity index (χ0) is 17.1. The van der Waals surface area contributed by atoms with E-state index in [4.69, 9.17) is 15.2 Å². The summed E-state index contributed by atoms with van der Waals surface area (Å²) in [4.78, 5) is 0. The van der Waals surface area contributed by atoms with Gasteiger partial charge in [-0.05, 0) is 30.2 Å². The molecule has 0 saturated carbocycles. The van der Waals surface area contributed by atoms with Gasteiger partial charge in [-0.2, -0.15) is 5.26 Å². The first-order valence-corrected chi connectivity index (χ1v) is 7.77. The van der Waals surface area contributed by atoms with E-state index in [1.54, 1.807) is 12.1 Å². The molecule has 0 aromatic heterocycles. The van der Waals surface area contributed by atoms with Crippen molar-refractivity contribution in [1.29, 1.82) is 5.26 Å². The summed E-state index contributed by atoms with van der Waals surface area (Å²) in [6, 6.07) is 14.6. The number of aromatic hydroxyl groups is 1. The van der Waals surface area contributed by atoms with Gasteiger partial charge >= 0.3 is 0 Å². The number of hydrogen-bond acceptors (Lipinski definition) is 5. The fraction of sp³-hybridized carbons (Fsp3) is 0.211. The van der Waals surface area contributed by atoms with E-state index in [1.807, 2.05) is 31.2 Å². The van der Waals surface area contributed by atoms with Crippen molar-refractivity contribution >= 4 is 0 Å². The Morgan fingerprint density at radius 2 is 2.12 bits per heavy atom. The number of phenols is 1. The Morgan fingerprint density at radius 1 is 1.29 bits per heavy atom. The molecule has 0 radical (unpaired) electrons. The van der Waals surface area contributed by atoms with E-state index in [1.165, 1.54) is 6.07 Å². The van der Waals surface area contributed by atoms with Gasteiger partial charge in [0, 0.05) is 11.6 Å². The van der Waals surface area contributed by atoms with Gasteiger partial charge in [0.1, 0.15) is 28.9 Å². The Kier molecular flexibility index (Phi) is 4.30. The van der Waals surface area contributed by atoms with Crippen LogP contribution in [0.1, 0.15) is 30.4 Å². The van der Waals surface area contributed by atoms with Gasteiger partial charge in [-0.3, -0.25) is 0 Å². The van der Waals surface area contributed by atoms with Crippen LogP contribution in [0.25, 0.3) is 0 Å². The van der Waals surface area contributed by atoms with Gasteiger partial charge < -0.3 is 20.3 Å². The third kappa shape index (κ3) is 2.86. The zero-order valence-corrected chi connectivity index (χ0v) is 13.3. The van der Waals surface area contributed by atoms with Crippen molar-refractivity contribution in [2.24, 2.45) is 5.73 Å². The fourth-order valence-corrected chi connectivity index (χ4v) is 2.79. The molecule has 0 aliphatic carbocycles. The molecule has 3 rings (SSSR count). The van der Waals surface area contributed by atoms with E-state index in [2.05, 4.69) is 6.07 Å². The Morgan fingerprint density at radius 3 is 2.88 bits per heavy atom. The summed E-state index contributed by atoms with van der Waals surface area (Å²) in [6.45, 7) is 2.67. The minimum absolute atomic E-state index is 0.0560. The quantitative estimate of drug-likeness (QED) is 0.900. The molecule has 0 saturated heterocycles. The van der Waals surface area contributed by atoms with Crippen LogP contribution in [0, 0.1) is 11.3 Å². The summed E-state index contributed by atoms with van der Waals surface area (Å²) in [5, 5.41) is 19.2. The molecule has 3 N–H and O–H groups in total. The highest BCUT2D eigenvalue weighted by atomic mass is 16.5. The molecule has 0 spiro atoms. The molecule has 1 heterocycles. The van der Waals surface area contributed by atoms with E-state index in [0.717, 1.165) is 23.3 Å². The van der Waals surface area contributed by atoms with Gasteiger partial charge in [0.05, 0.1) is 12.5 Å². The standard InChI is InChI=1S/C19H18N2O3/c1-2-8-23-14-5-3-4-12(9-14)18-15-7-6-13(22)10-17(15)24-19(21)16(18)11-20/h3-7,9-10,18,22H,2,8,21H2,1H3/t18-/m1/s1. The van der Waals surface area contributed by atoms with Gasteiger partial charge in [-0.1, -0.05) is 25.1 Å². The summed E-state index contributed by atoms with van der Waals surface area (Å²) in [5.74, 6) is 0.985. The summed E-state index contributed by atoms with van der Waals surface area (Å²) >= 11 is 0. The first-order chi connectivity index (χ1) is 11.6. The number of allylic oxidation sites excluding steroid dienone is 1. The maximum absolute atomic E-state index is 9.67. The summed E-state index contributed by atoms with van der Waals surface area (Å²) < 4.78 is 11.2. The molecule has 5 heteroatoms. The predicted octanol–water partition coefficient (Wildman–Crippen LogP) is 3.40. The molecule has 1 aliphatic heterocycles. The Balaban J connectivity index is 2.10. The first kappa shape index (κ1) is 15.8. The number of nitrogens with two attached hydrogens (primary N) is 1. The highest BCUT2D eigenvalue weighted by Crippen LogP contribution is 2.43. The molecule has 5 nitrogen and oxygen atoms in total. The molecule has 122 valence electrons. The number of ether oxygens (including phenoxy) is 2. The van der Waals surface area contributed by atoms with Crippen LogP contribution in [0.5, 0.6) is 17.2 Å². The van der Waals surface area contributed by atoms with E-state index < -0.39 is 0 Å². The van der Waals surface area contributed by atoms with Crippen LogP contribution in [0.3, 0.4) is 0 Å². The van der Waals surface area contributed by atoms with Crippen LogP contribution in [-0.2, 0) is 0 Å². The molecule has 24 heavy (non-hydrogen) atoms. The number of nitriles is 1. The summed E-state index contributed by atoms with van der Waals surface area (Å²) in [5.41, 5.74) is 7.94. The highest BCUT2D eigenvalue weighted by molar-refractivity contribution is 5.57. The van der Waals surface area contributed by atoms with E-state index in [0.29, 0.717) is 17.9 Å². The molecule has 2 aromatic rings. The van der Waals surface area contributed by atoms with Gasteiger partial charge in [-0.25, -0.2) is 0 Å². The van der Waals surface area contributed by atoms with E-state index in [9.17, 15) is 10.4 Å². The van der Waals surface area contributed by atoms with Crippen LogP contribution in [0.2, 0.25) is 0 Å². The van der Waals surface area contributed by atoms with Crippen LogP contribution >= 0.6 is 0 Å². The maximum Gasteiger partial charge on any atom is 0.205 e. The smallest absolute Gasteiger partial charge is 0.205 e. The monoisotopic (exact) mass is 322 g/mol. The second kappa shape index (κ2) is 6.55. The van der Waals surface area contributed by atoms with Crippen molar-refractivity contribution in [3.05, 3.63) is 65.0 Å². The number of benzene rings is 2. The topological polar surface area (TPSA) is 88.5 Å². The third-order valence-electron chi connectivity index (χ3n) is 3.87. The van der Waals surface area contributed by atoms with Crippen LogP contribution in [0.4, 0.5) is 0 Å². The van der Waals surface area contributed by atoms with Crippen molar-refractivity contribution in [2.75, 3.05) is 6.61 Å². The Hall–Kier alpha value is -3.13. The van der Waals surface area contributed by atoms with Gasteiger partial charge in [-0.15, -0.1) is 0 Å². The number of hydrogen-bond donors (Lipinski definition) is 2. The minimum Gasteiger partial charge on any atom is -0.508 e. The van der Waals surface area contributed by atoms with Crippen molar-refractivity contribution in [3.63, 3.8) is 0 Å². The van der Waals surface area contributed by atoms with Crippen molar-refractivity contribution in [3.8, 4) is 23.3 Å². The summed E-state index contributed by atoms with van der Waals surface area (Å²) in [6.07, 6.45) is 0.917. The lowest BCUT2D eigenvalue weighted by atomic mass is 9.83. The predicted molar refractivity (Wildman–Crippen MR) is 89.6 cm³/mol. The SMILES string of the molecule is CCCOc1cccc([C@H]2C(C#N)=C(N)Oc3cc(O)ccc32)c1. The largest absolute Gasteiger partial charge is 0.508 e. The lowest BCUT2D eigenvalue weighted by molar-refractivity contribution is 0.317. The molecule has 2 aromatic carbocycles. The lowest BCUT2D eigenvalue weighted by Crippen LogP contribution is -2.21. The minimum atomic E-state index is -0.357. The molecule has 0 fully saturated rings. The van der Waals surface area contributed by atoms with Gasteiger partial charge in [0.2, 0.25) is 5.88 Å². The zero-order valence-electron chi connectivity index (χ0n) is 13.3.